The first-order valence-electron chi connectivity index (χ1n) is 5.00. The molecule has 0 aliphatic carbocycles. The number of rotatable bonds is 2. The van der Waals surface area contributed by atoms with Gasteiger partial charge in [-0.05, 0) is 6.08 Å². The third kappa shape index (κ3) is 2.25. The lowest BCUT2D eigenvalue weighted by molar-refractivity contribution is -0.134. The Hall–Kier alpha value is -2.12. The molecule has 0 aromatic heterocycles. The molecule has 102 valence electrons. The number of halogens is 5. The number of carbonyl (C=O) groups is 1. The summed E-state index contributed by atoms with van der Waals surface area (Å²) in [4.78, 5) is 11.3. The molecule has 19 heavy (non-hydrogen) atoms. The van der Waals surface area contributed by atoms with E-state index in [1.807, 2.05) is 0 Å². The Kier molecular flexibility index (Phi) is 3.41. The van der Waals surface area contributed by atoms with Crippen LogP contribution in [0.1, 0.15) is 6.42 Å². The van der Waals surface area contributed by atoms with Crippen LogP contribution >= 0.6 is 0 Å². The van der Waals surface area contributed by atoms with Gasteiger partial charge in [0.2, 0.25) is 40.6 Å². The lowest BCUT2D eigenvalue weighted by Crippen LogP contribution is -2.15. The summed E-state index contributed by atoms with van der Waals surface area (Å²) < 4.78 is 73.7. The van der Waals surface area contributed by atoms with Gasteiger partial charge in [0.1, 0.15) is 0 Å². The third-order valence-corrected chi connectivity index (χ3v) is 2.27. The van der Waals surface area contributed by atoms with Crippen LogP contribution < -0.4 is 4.74 Å². The highest BCUT2D eigenvalue weighted by molar-refractivity contribution is 5.88. The highest BCUT2D eigenvalue weighted by atomic mass is 19.2. The van der Waals surface area contributed by atoms with Crippen LogP contribution in [0.25, 0.3) is 0 Å². The molecule has 3 nitrogen and oxygen atoms in total. The minimum atomic E-state index is -2.33. The van der Waals surface area contributed by atoms with Crippen molar-refractivity contribution in [3.05, 3.63) is 40.9 Å². The van der Waals surface area contributed by atoms with Gasteiger partial charge in [0, 0.05) is 6.42 Å². The normalized spacial score (nSPS) is 14.1. The van der Waals surface area contributed by atoms with Crippen molar-refractivity contribution in [3.8, 4) is 5.75 Å². The second-order valence-corrected chi connectivity index (χ2v) is 3.49. The maximum atomic E-state index is 13.2. The summed E-state index contributed by atoms with van der Waals surface area (Å²) in [5.74, 6) is -14.5. The fourth-order valence-electron chi connectivity index (χ4n) is 1.38. The first kappa shape index (κ1) is 13.3. The van der Waals surface area contributed by atoms with Gasteiger partial charge in [0.15, 0.2) is 0 Å². The van der Waals surface area contributed by atoms with E-state index < -0.39 is 40.8 Å². The molecule has 0 saturated heterocycles. The van der Waals surface area contributed by atoms with E-state index in [1.165, 1.54) is 6.08 Å². The van der Waals surface area contributed by atoms with E-state index in [4.69, 9.17) is 4.74 Å². The van der Waals surface area contributed by atoms with E-state index >= 15 is 0 Å². The van der Waals surface area contributed by atoms with Crippen LogP contribution in [0.4, 0.5) is 22.0 Å². The molecule has 1 aliphatic rings. The molecule has 1 heterocycles. The van der Waals surface area contributed by atoms with Crippen LogP contribution in [0.5, 0.6) is 5.75 Å². The van der Waals surface area contributed by atoms with E-state index in [2.05, 4.69) is 4.74 Å². The summed E-state index contributed by atoms with van der Waals surface area (Å²) in [5, 5.41) is 0. The van der Waals surface area contributed by atoms with Gasteiger partial charge in [-0.25, -0.2) is 18.0 Å². The third-order valence-electron chi connectivity index (χ3n) is 2.27. The number of benzene rings is 1. The second-order valence-electron chi connectivity index (χ2n) is 3.49. The highest BCUT2D eigenvalue weighted by Crippen LogP contribution is 2.29. The standard InChI is InChI=1S/C11H5F5O3/c12-5-6(13)8(15)10(9(16)7(5)14)19-11(17)4-2-1-3-18-4/h2H,1,3H2. The van der Waals surface area contributed by atoms with Crippen LogP contribution in [0.2, 0.25) is 0 Å². The molecule has 0 saturated carbocycles. The number of ether oxygens (including phenoxy) is 2. The summed E-state index contributed by atoms with van der Waals surface area (Å²) in [5.41, 5.74) is 0. The highest BCUT2D eigenvalue weighted by Gasteiger charge is 2.30. The van der Waals surface area contributed by atoms with E-state index in [1.54, 1.807) is 0 Å². The van der Waals surface area contributed by atoms with E-state index in [0.717, 1.165) is 0 Å². The summed E-state index contributed by atoms with van der Waals surface area (Å²) >= 11 is 0. The van der Waals surface area contributed by atoms with Crippen LogP contribution in [0.15, 0.2) is 11.8 Å². The van der Waals surface area contributed by atoms with Gasteiger partial charge in [-0.2, -0.15) is 8.78 Å². The largest absolute Gasteiger partial charge is 0.486 e. The molecule has 1 aromatic rings. The first-order chi connectivity index (χ1) is 8.93. The Morgan fingerprint density at radius 2 is 1.53 bits per heavy atom. The van der Waals surface area contributed by atoms with Gasteiger partial charge in [-0.3, -0.25) is 0 Å². The minimum Gasteiger partial charge on any atom is -0.486 e. The van der Waals surface area contributed by atoms with Crippen molar-refractivity contribution in [2.24, 2.45) is 0 Å². The zero-order chi connectivity index (χ0) is 14.2. The number of carbonyl (C=O) groups excluding carboxylic acids is 1. The molecule has 0 atom stereocenters. The fourth-order valence-corrected chi connectivity index (χ4v) is 1.38. The van der Waals surface area contributed by atoms with Crippen LogP contribution in [0.3, 0.4) is 0 Å². The predicted molar refractivity (Wildman–Crippen MR) is 50.5 cm³/mol. The Morgan fingerprint density at radius 3 is 2.00 bits per heavy atom. The topological polar surface area (TPSA) is 35.5 Å². The van der Waals surface area contributed by atoms with Gasteiger partial charge in [0.05, 0.1) is 6.61 Å². The van der Waals surface area contributed by atoms with E-state index in [-0.39, 0.29) is 12.4 Å². The van der Waals surface area contributed by atoms with Gasteiger partial charge in [0.25, 0.3) is 0 Å². The summed E-state index contributed by atoms with van der Waals surface area (Å²) in [6.07, 6.45) is 1.65. The Bertz CT molecular complexity index is 553. The molecular formula is C11H5F5O3. The van der Waals surface area contributed by atoms with Crippen molar-refractivity contribution in [2.45, 2.75) is 6.42 Å². The van der Waals surface area contributed by atoms with Crippen molar-refractivity contribution < 1.29 is 36.2 Å². The first-order valence-corrected chi connectivity index (χ1v) is 5.00. The molecule has 0 fully saturated rings. The van der Waals surface area contributed by atoms with Crippen molar-refractivity contribution in [1.29, 1.82) is 0 Å². The molecule has 0 spiro atoms. The molecule has 0 radical (unpaired) electrons. The average molecular weight is 280 g/mol. The molecule has 0 bridgehead atoms. The van der Waals surface area contributed by atoms with E-state index in [9.17, 15) is 26.7 Å². The number of esters is 1. The SMILES string of the molecule is O=C(Oc1c(F)c(F)c(F)c(F)c1F)C1=CCCO1. The van der Waals surface area contributed by atoms with Crippen LogP contribution in [-0.2, 0) is 9.53 Å². The summed E-state index contributed by atoms with van der Waals surface area (Å²) in [6, 6.07) is 0. The maximum absolute atomic E-state index is 13.2. The smallest absolute Gasteiger partial charge is 0.378 e. The monoisotopic (exact) mass is 280 g/mol. The van der Waals surface area contributed by atoms with E-state index in [0.29, 0.717) is 6.42 Å². The van der Waals surface area contributed by atoms with Crippen LogP contribution in [0, 0.1) is 29.1 Å². The molecular weight excluding hydrogens is 275 g/mol. The molecule has 0 amide bonds. The quantitative estimate of drug-likeness (QED) is 0.274. The molecule has 0 N–H and O–H groups in total. The maximum Gasteiger partial charge on any atom is 0.378 e. The lowest BCUT2D eigenvalue weighted by Gasteiger charge is -2.09. The van der Waals surface area contributed by atoms with Crippen molar-refractivity contribution in [2.75, 3.05) is 6.61 Å². The predicted octanol–water partition coefficient (Wildman–Crippen LogP) is 2.59. The Labute approximate surface area is 103 Å². The Morgan fingerprint density at radius 1 is 1.00 bits per heavy atom. The molecule has 1 aliphatic heterocycles. The average Bonchev–Trinajstić information content (AvgIpc) is 2.93. The second kappa shape index (κ2) is 4.87. The summed E-state index contributed by atoms with van der Waals surface area (Å²) in [7, 11) is 0. The zero-order valence-electron chi connectivity index (χ0n) is 9.11. The van der Waals surface area contributed by atoms with Gasteiger partial charge < -0.3 is 9.47 Å². The van der Waals surface area contributed by atoms with Crippen molar-refractivity contribution in [1.82, 2.24) is 0 Å². The van der Waals surface area contributed by atoms with Crippen molar-refractivity contribution in [3.63, 3.8) is 0 Å². The fraction of sp³-hybridized carbons (Fsp3) is 0.182. The summed E-state index contributed by atoms with van der Waals surface area (Å²) in [6.45, 7) is 0.168. The molecule has 2 rings (SSSR count). The Balaban J connectivity index is 2.38. The van der Waals surface area contributed by atoms with Gasteiger partial charge in [-0.15, -0.1) is 0 Å². The number of hydrogen-bond donors (Lipinski definition) is 0. The lowest BCUT2D eigenvalue weighted by atomic mass is 10.2. The molecule has 1 aromatic carbocycles. The van der Waals surface area contributed by atoms with Crippen molar-refractivity contribution >= 4 is 5.97 Å². The van der Waals surface area contributed by atoms with Gasteiger partial charge in [-0.1, -0.05) is 0 Å². The molecule has 8 heteroatoms. The van der Waals surface area contributed by atoms with Gasteiger partial charge >= 0.3 is 5.97 Å². The number of hydrogen-bond acceptors (Lipinski definition) is 3. The minimum absolute atomic E-state index is 0.168. The molecule has 0 unspecified atom stereocenters. The van der Waals surface area contributed by atoms with Crippen LogP contribution in [-0.4, -0.2) is 12.6 Å². The zero-order valence-corrected chi connectivity index (χ0v) is 9.11.